The minimum Gasteiger partial charge on any atom is -0.438 e. The molecule has 9 nitrogen and oxygen atoms in total. The largest absolute Gasteiger partial charge is 0.438 e. The fourth-order valence-corrected chi connectivity index (χ4v) is 6.89. The van der Waals surface area contributed by atoms with Crippen LogP contribution in [0.5, 0.6) is 11.6 Å². The van der Waals surface area contributed by atoms with Gasteiger partial charge in [0.2, 0.25) is 5.88 Å². The Morgan fingerprint density at radius 2 is 1.71 bits per heavy atom. The van der Waals surface area contributed by atoms with Crippen molar-refractivity contribution in [3.8, 4) is 22.8 Å². The van der Waals surface area contributed by atoms with Crippen molar-refractivity contribution in [2.45, 2.75) is 70.7 Å². The number of carbonyl (C=O) groups is 1. The van der Waals surface area contributed by atoms with Gasteiger partial charge in [-0.2, -0.15) is 0 Å². The van der Waals surface area contributed by atoms with Crippen LogP contribution in [0.25, 0.3) is 11.1 Å². The molecule has 1 aromatic heterocycles. The molecule has 0 radical (unpaired) electrons. The molecular weight excluding hydrogens is 631 g/mol. The molecule has 2 saturated heterocycles. The fourth-order valence-electron chi connectivity index (χ4n) is 6.89. The highest BCUT2D eigenvalue weighted by Crippen LogP contribution is 2.32. The van der Waals surface area contributed by atoms with E-state index in [1.807, 2.05) is 18.2 Å². The van der Waals surface area contributed by atoms with E-state index in [4.69, 9.17) is 15.2 Å². The molecule has 0 atom stereocenters. The number of nitrogens with zero attached hydrogens (tertiary/aromatic N) is 4. The van der Waals surface area contributed by atoms with Gasteiger partial charge in [0.05, 0.1) is 19.4 Å². The molecular formula is C37H50ClFN6O3. The average Bonchev–Trinajstić information content (AvgIpc) is 3.07. The van der Waals surface area contributed by atoms with Crippen LogP contribution in [0.3, 0.4) is 0 Å². The van der Waals surface area contributed by atoms with Crippen LogP contribution in [0, 0.1) is 5.82 Å². The van der Waals surface area contributed by atoms with Crippen molar-refractivity contribution in [2.24, 2.45) is 5.73 Å². The maximum absolute atomic E-state index is 14.3. The van der Waals surface area contributed by atoms with Gasteiger partial charge in [-0.05, 0) is 80.0 Å². The van der Waals surface area contributed by atoms with E-state index in [1.165, 1.54) is 17.2 Å². The zero-order chi connectivity index (χ0) is 32.8. The number of nitrogens with one attached hydrogen (secondary N) is 1. The highest BCUT2D eigenvalue weighted by atomic mass is 35.5. The van der Waals surface area contributed by atoms with Crippen LogP contribution in [-0.2, 0) is 17.8 Å². The molecule has 2 aromatic carbocycles. The first-order valence-electron chi connectivity index (χ1n) is 17.2. The van der Waals surface area contributed by atoms with Crippen molar-refractivity contribution in [1.82, 2.24) is 25.0 Å². The zero-order valence-corrected chi connectivity index (χ0v) is 29.0. The predicted molar refractivity (Wildman–Crippen MR) is 189 cm³/mol. The van der Waals surface area contributed by atoms with Crippen molar-refractivity contribution in [2.75, 3.05) is 52.5 Å². The summed E-state index contributed by atoms with van der Waals surface area (Å²) in [5, 5.41) is 3.03. The summed E-state index contributed by atoms with van der Waals surface area (Å²) in [5.41, 5.74) is 10.8. The Hall–Kier alpha value is -3.12. The lowest BCUT2D eigenvalue weighted by atomic mass is 9.91. The van der Waals surface area contributed by atoms with Crippen molar-refractivity contribution in [3.05, 3.63) is 77.2 Å². The molecule has 0 bridgehead atoms. The van der Waals surface area contributed by atoms with Gasteiger partial charge in [0.15, 0.2) is 0 Å². The Bertz CT molecular complexity index is 1500. The summed E-state index contributed by atoms with van der Waals surface area (Å²) in [6, 6.07) is 16.6. The van der Waals surface area contributed by atoms with Crippen LogP contribution in [0.15, 0.2) is 54.7 Å². The second kappa shape index (κ2) is 17.0. The first kappa shape index (κ1) is 36.2. The molecule has 3 N–H and O–H groups in total. The number of hydrogen-bond acceptors (Lipinski definition) is 8. The number of hydrogen-bond donors (Lipinski definition) is 2. The van der Waals surface area contributed by atoms with E-state index >= 15 is 0 Å². The topological polar surface area (TPSA) is 96.2 Å². The number of nitrogens with two attached hydrogens (primary N) is 1. The molecule has 48 heavy (non-hydrogen) atoms. The number of morpholine rings is 1. The smallest absolute Gasteiger partial charge is 0.257 e. The number of pyridine rings is 1. The number of ether oxygens (including phenoxy) is 2. The monoisotopic (exact) mass is 680 g/mol. The van der Waals surface area contributed by atoms with Crippen LogP contribution in [0.1, 0.15) is 61.0 Å². The molecule has 0 unspecified atom stereocenters. The minimum atomic E-state index is -0.587. The summed E-state index contributed by atoms with van der Waals surface area (Å²) in [7, 11) is 0. The van der Waals surface area contributed by atoms with Gasteiger partial charge in [0.1, 0.15) is 17.1 Å². The molecule has 3 aromatic rings. The lowest BCUT2D eigenvalue weighted by molar-refractivity contribution is 0.0342. The SMILES string of the molecule is CC(C)N1CCN(Cc2ccc(-c3cccc(Oc4ncc(F)cc4C(=O)N[C@H]4CC[C@H](N)CC4)c3)c(CN3CCOCC3)c2)CC1.Cl. The quantitative estimate of drug-likeness (QED) is 0.292. The molecule has 0 spiro atoms. The van der Waals surface area contributed by atoms with E-state index in [9.17, 15) is 9.18 Å². The van der Waals surface area contributed by atoms with E-state index in [1.54, 1.807) is 0 Å². The summed E-state index contributed by atoms with van der Waals surface area (Å²) in [6.07, 6.45) is 4.39. The van der Waals surface area contributed by atoms with E-state index in [0.29, 0.717) is 11.8 Å². The third-order valence-corrected chi connectivity index (χ3v) is 9.74. The van der Waals surface area contributed by atoms with Gasteiger partial charge in [-0.15, -0.1) is 12.4 Å². The third kappa shape index (κ3) is 9.52. The Morgan fingerprint density at radius 3 is 2.44 bits per heavy atom. The first-order valence-corrected chi connectivity index (χ1v) is 17.2. The summed E-state index contributed by atoms with van der Waals surface area (Å²) >= 11 is 0. The van der Waals surface area contributed by atoms with Crippen LogP contribution in [-0.4, -0.2) is 96.2 Å². The van der Waals surface area contributed by atoms with Gasteiger partial charge >= 0.3 is 0 Å². The van der Waals surface area contributed by atoms with Crippen molar-refractivity contribution >= 4 is 18.3 Å². The number of carbonyl (C=O) groups excluding carboxylic acids is 1. The normalized spacial score (nSPS) is 21.1. The maximum atomic E-state index is 14.3. The van der Waals surface area contributed by atoms with Crippen LogP contribution < -0.4 is 15.8 Å². The molecule has 11 heteroatoms. The third-order valence-electron chi connectivity index (χ3n) is 9.74. The van der Waals surface area contributed by atoms with Gasteiger partial charge in [-0.1, -0.05) is 30.3 Å². The summed E-state index contributed by atoms with van der Waals surface area (Å²) in [4.78, 5) is 25.0. The molecule has 1 saturated carbocycles. The number of amides is 1. The molecule has 1 amide bonds. The molecule has 260 valence electrons. The van der Waals surface area contributed by atoms with Crippen molar-refractivity contribution < 1.29 is 18.7 Å². The van der Waals surface area contributed by atoms with Crippen LogP contribution >= 0.6 is 12.4 Å². The second-order valence-electron chi connectivity index (χ2n) is 13.5. The van der Waals surface area contributed by atoms with Gasteiger partial charge in [-0.3, -0.25) is 19.5 Å². The van der Waals surface area contributed by atoms with E-state index in [2.05, 4.69) is 63.1 Å². The Balaban J connectivity index is 0.00000451. The number of benzene rings is 2. The number of halogens is 2. The van der Waals surface area contributed by atoms with Gasteiger partial charge in [-0.25, -0.2) is 9.37 Å². The second-order valence-corrected chi connectivity index (χ2v) is 13.5. The number of rotatable bonds is 10. The van der Waals surface area contributed by atoms with E-state index in [0.717, 1.165) is 109 Å². The highest BCUT2D eigenvalue weighted by molar-refractivity contribution is 5.96. The standard InChI is InChI=1S/C37H49FN6O3.ClH/c1-26(2)44-14-12-42(13-15-44)24-27-6-11-34(29(20-27)25-43-16-18-46-19-17-43)28-4-3-5-33(21-28)47-37-35(22-30(38)23-40-37)36(45)41-32-9-7-31(39)8-10-32;/h3-6,11,20-23,26,31-32H,7-10,12-19,24-25,39H2,1-2H3,(H,41,45);1H/t31-,32-;. The maximum Gasteiger partial charge on any atom is 0.257 e. The van der Waals surface area contributed by atoms with Gasteiger partial charge < -0.3 is 20.5 Å². The van der Waals surface area contributed by atoms with Crippen molar-refractivity contribution in [3.63, 3.8) is 0 Å². The number of piperazine rings is 1. The molecule has 3 aliphatic rings. The Morgan fingerprint density at radius 1 is 0.979 bits per heavy atom. The zero-order valence-electron chi connectivity index (χ0n) is 28.2. The molecule has 2 aliphatic heterocycles. The molecule has 3 heterocycles. The van der Waals surface area contributed by atoms with E-state index in [-0.39, 0.29) is 35.9 Å². The lowest BCUT2D eigenvalue weighted by Crippen LogP contribution is -2.48. The molecule has 3 fully saturated rings. The summed E-state index contributed by atoms with van der Waals surface area (Å²) in [6.45, 7) is 13.9. The fraction of sp³-hybridized carbons (Fsp3) is 0.514. The van der Waals surface area contributed by atoms with Crippen LogP contribution in [0.4, 0.5) is 4.39 Å². The first-order chi connectivity index (χ1) is 22.8. The lowest BCUT2D eigenvalue weighted by Gasteiger charge is -2.37. The van der Waals surface area contributed by atoms with Crippen molar-refractivity contribution in [1.29, 1.82) is 0 Å². The molecule has 6 rings (SSSR count). The minimum absolute atomic E-state index is 0. The Kier molecular flexibility index (Phi) is 12.8. The predicted octanol–water partition coefficient (Wildman–Crippen LogP) is 5.46. The highest BCUT2D eigenvalue weighted by Gasteiger charge is 2.24. The van der Waals surface area contributed by atoms with Gasteiger partial charge in [0, 0.05) is 70.5 Å². The molecule has 1 aliphatic carbocycles. The van der Waals surface area contributed by atoms with E-state index < -0.39 is 11.7 Å². The average molecular weight is 681 g/mol. The van der Waals surface area contributed by atoms with Gasteiger partial charge in [0.25, 0.3) is 5.91 Å². The number of aromatic nitrogens is 1. The van der Waals surface area contributed by atoms with Crippen LogP contribution in [0.2, 0.25) is 0 Å². The summed E-state index contributed by atoms with van der Waals surface area (Å²) in [5.74, 6) is -0.368. The summed E-state index contributed by atoms with van der Waals surface area (Å²) < 4.78 is 26.1. The Labute approximate surface area is 290 Å².